The van der Waals surface area contributed by atoms with E-state index in [1.54, 1.807) is 24.3 Å². The van der Waals surface area contributed by atoms with Gasteiger partial charge in [-0.1, -0.05) is 57.2 Å². The second-order valence-corrected chi connectivity index (χ2v) is 7.65. The predicted octanol–water partition coefficient (Wildman–Crippen LogP) is 5.49. The van der Waals surface area contributed by atoms with Crippen molar-refractivity contribution in [2.24, 2.45) is 0 Å². The van der Waals surface area contributed by atoms with Crippen LogP contribution in [0.5, 0.6) is 0 Å². The van der Waals surface area contributed by atoms with Crippen LogP contribution in [-0.4, -0.2) is 11.8 Å². The van der Waals surface area contributed by atoms with E-state index in [4.69, 9.17) is 0 Å². The minimum atomic E-state index is -0.212. The lowest BCUT2D eigenvalue weighted by Crippen LogP contribution is -2.19. The molecule has 0 unspecified atom stereocenters. The second-order valence-electron chi connectivity index (χ2n) is 7.65. The molecule has 0 spiro atoms. The van der Waals surface area contributed by atoms with Gasteiger partial charge >= 0.3 is 0 Å². The van der Waals surface area contributed by atoms with Crippen molar-refractivity contribution in [3.63, 3.8) is 0 Å². The number of rotatable bonds is 4. The fourth-order valence-corrected chi connectivity index (χ4v) is 2.94. The van der Waals surface area contributed by atoms with Crippen LogP contribution in [0.4, 0.5) is 11.4 Å². The summed E-state index contributed by atoms with van der Waals surface area (Å²) in [4.78, 5) is 25.0. The maximum absolute atomic E-state index is 12.7. The molecule has 0 radical (unpaired) electrons. The second kappa shape index (κ2) is 8.09. The summed E-state index contributed by atoms with van der Waals surface area (Å²) in [5.74, 6) is -0.414. The first kappa shape index (κ1) is 19.4. The van der Waals surface area contributed by atoms with Gasteiger partial charge in [0.1, 0.15) is 0 Å². The van der Waals surface area contributed by atoms with Crippen molar-refractivity contribution in [3.05, 3.63) is 95.6 Å². The molecule has 2 amide bonds. The van der Waals surface area contributed by atoms with Gasteiger partial charge in [-0.25, -0.2) is 0 Å². The minimum Gasteiger partial charge on any atom is -0.322 e. The number of benzene rings is 3. The van der Waals surface area contributed by atoms with Gasteiger partial charge in [0, 0.05) is 22.5 Å². The Hall–Kier alpha value is -3.40. The minimum absolute atomic E-state index is 0.0801. The molecule has 0 aliphatic carbocycles. The summed E-state index contributed by atoms with van der Waals surface area (Å²) in [6.45, 7) is 6.33. The maximum Gasteiger partial charge on any atom is 0.255 e. The van der Waals surface area contributed by atoms with Gasteiger partial charge in [0.15, 0.2) is 0 Å². The fraction of sp³-hybridized carbons (Fsp3) is 0.167. The van der Waals surface area contributed by atoms with Crippen LogP contribution in [0, 0.1) is 0 Å². The Bertz CT molecular complexity index is 971. The van der Waals surface area contributed by atoms with Crippen molar-refractivity contribution in [2.45, 2.75) is 26.2 Å². The standard InChI is InChI=1S/C24H24N2O2/c1-24(2,3)20-11-7-8-12-21(20)26-23(28)18-15-13-17(14-16-18)22(27)25-19-9-5-4-6-10-19/h4-16H,1-3H3,(H,25,27)(H,26,28). The third-order valence-electron chi connectivity index (χ3n) is 4.42. The zero-order valence-corrected chi connectivity index (χ0v) is 16.3. The predicted molar refractivity (Wildman–Crippen MR) is 114 cm³/mol. The summed E-state index contributed by atoms with van der Waals surface area (Å²) in [6.07, 6.45) is 0. The molecule has 0 aromatic heterocycles. The molecule has 0 fully saturated rings. The SMILES string of the molecule is CC(C)(C)c1ccccc1NC(=O)c1ccc(C(=O)Nc2ccccc2)cc1. The van der Waals surface area contributed by atoms with Crippen LogP contribution in [0.3, 0.4) is 0 Å². The van der Waals surface area contributed by atoms with Crippen LogP contribution < -0.4 is 10.6 Å². The van der Waals surface area contributed by atoms with Crippen LogP contribution in [0.25, 0.3) is 0 Å². The quantitative estimate of drug-likeness (QED) is 0.636. The molecule has 0 saturated heterocycles. The third-order valence-corrected chi connectivity index (χ3v) is 4.42. The third kappa shape index (κ3) is 4.65. The topological polar surface area (TPSA) is 58.2 Å². The Kier molecular flexibility index (Phi) is 5.59. The monoisotopic (exact) mass is 372 g/mol. The van der Waals surface area contributed by atoms with E-state index in [-0.39, 0.29) is 17.2 Å². The van der Waals surface area contributed by atoms with Crippen molar-refractivity contribution in [2.75, 3.05) is 10.6 Å². The highest BCUT2D eigenvalue weighted by molar-refractivity contribution is 6.07. The van der Waals surface area contributed by atoms with Crippen molar-refractivity contribution >= 4 is 23.2 Å². The van der Waals surface area contributed by atoms with Gasteiger partial charge in [0.2, 0.25) is 0 Å². The molecule has 0 atom stereocenters. The molecule has 0 heterocycles. The molecule has 4 heteroatoms. The summed E-state index contributed by atoms with van der Waals surface area (Å²) in [5.41, 5.74) is 3.51. The average molecular weight is 372 g/mol. The van der Waals surface area contributed by atoms with Gasteiger partial charge in [0.25, 0.3) is 11.8 Å². The number of hydrogen-bond acceptors (Lipinski definition) is 2. The number of anilines is 2. The van der Waals surface area contributed by atoms with Gasteiger partial charge in [-0.2, -0.15) is 0 Å². The first-order valence-electron chi connectivity index (χ1n) is 9.22. The van der Waals surface area contributed by atoms with Crippen molar-refractivity contribution < 1.29 is 9.59 Å². The Morgan fingerprint density at radius 1 is 0.643 bits per heavy atom. The first-order chi connectivity index (χ1) is 13.3. The lowest BCUT2D eigenvalue weighted by Gasteiger charge is -2.23. The Morgan fingerprint density at radius 2 is 1.14 bits per heavy atom. The molecule has 3 aromatic rings. The van der Waals surface area contributed by atoms with Crippen molar-refractivity contribution in [1.29, 1.82) is 0 Å². The molecule has 0 aliphatic heterocycles. The molecular weight excluding hydrogens is 348 g/mol. The number of hydrogen-bond donors (Lipinski definition) is 2. The van der Waals surface area contributed by atoms with E-state index < -0.39 is 0 Å². The molecule has 0 aliphatic rings. The molecule has 3 rings (SSSR count). The van der Waals surface area contributed by atoms with Crippen LogP contribution in [0.15, 0.2) is 78.9 Å². The molecular formula is C24H24N2O2. The smallest absolute Gasteiger partial charge is 0.255 e. The normalized spacial score (nSPS) is 11.0. The van der Waals surface area contributed by atoms with Crippen LogP contribution >= 0.6 is 0 Å². The molecule has 28 heavy (non-hydrogen) atoms. The largest absolute Gasteiger partial charge is 0.322 e. The zero-order chi connectivity index (χ0) is 20.1. The molecule has 0 saturated carbocycles. The van der Waals surface area contributed by atoms with E-state index >= 15 is 0 Å². The van der Waals surface area contributed by atoms with E-state index in [9.17, 15) is 9.59 Å². The molecule has 0 bridgehead atoms. The van der Waals surface area contributed by atoms with Crippen molar-refractivity contribution in [3.8, 4) is 0 Å². The summed E-state index contributed by atoms with van der Waals surface area (Å²) in [6, 6.07) is 23.7. The number of nitrogens with one attached hydrogen (secondary N) is 2. The Balaban J connectivity index is 1.72. The summed E-state index contributed by atoms with van der Waals surface area (Å²) in [7, 11) is 0. The number of amides is 2. The van der Waals surface area contributed by atoms with E-state index in [1.807, 2.05) is 54.6 Å². The highest BCUT2D eigenvalue weighted by Crippen LogP contribution is 2.29. The first-order valence-corrected chi connectivity index (χ1v) is 9.22. The highest BCUT2D eigenvalue weighted by atomic mass is 16.2. The van der Waals surface area contributed by atoms with Gasteiger partial charge in [-0.15, -0.1) is 0 Å². The van der Waals surface area contributed by atoms with E-state index in [0.29, 0.717) is 11.1 Å². The Morgan fingerprint density at radius 3 is 1.71 bits per heavy atom. The molecule has 4 nitrogen and oxygen atoms in total. The van der Waals surface area contributed by atoms with Crippen LogP contribution in [0.2, 0.25) is 0 Å². The number of carbonyl (C=O) groups excluding carboxylic acids is 2. The van der Waals surface area contributed by atoms with Gasteiger partial charge < -0.3 is 10.6 Å². The van der Waals surface area contributed by atoms with Gasteiger partial charge in [0.05, 0.1) is 0 Å². The highest BCUT2D eigenvalue weighted by Gasteiger charge is 2.19. The number of carbonyl (C=O) groups is 2. The van der Waals surface area contributed by atoms with E-state index in [0.717, 1.165) is 16.9 Å². The summed E-state index contributed by atoms with van der Waals surface area (Å²) in [5, 5.41) is 5.81. The van der Waals surface area contributed by atoms with Crippen LogP contribution in [-0.2, 0) is 5.41 Å². The molecule has 3 aromatic carbocycles. The zero-order valence-electron chi connectivity index (χ0n) is 16.3. The summed E-state index contributed by atoms with van der Waals surface area (Å²) >= 11 is 0. The summed E-state index contributed by atoms with van der Waals surface area (Å²) < 4.78 is 0. The van der Waals surface area contributed by atoms with Crippen molar-refractivity contribution in [1.82, 2.24) is 0 Å². The lowest BCUT2D eigenvalue weighted by molar-refractivity contribution is 0.101. The maximum atomic E-state index is 12.7. The number of para-hydroxylation sites is 2. The van der Waals surface area contributed by atoms with E-state index in [1.165, 1.54) is 0 Å². The Labute approximate surface area is 165 Å². The fourth-order valence-electron chi connectivity index (χ4n) is 2.94. The average Bonchev–Trinajstić information content (AvgIpc) is 2.68. The van der Waals surface area contributed by atoms with E-state index in [2.05, 4.69) is 31.4 Å². The molecule has 142 valence electrons. The molecule has 2 N–H and O–H groups in total. The lowest BCUT2D eigenvalue weighted by atomic mass is 9.86. The van der Waals surface area contributed by atoms with Gasteiger partial charge in [-0.3, -0.25) is 9.59 Å². The van der Waals surface area contributed by atoms with Crippen LogP contribution in [0.1, 0.15) is 47.1 Å². The van der Waals surface area contributed by atoms with Gasteiger partial charge in [-0.05, 0) is 53.4 Å².